The van der Waals surface area contributed by atoms with E-state index in [4.69, 9.17) is 17.7 Å². The van der Waals surface area contributed by atoms with Crippen molar-refractivity contribution in [2.45, 2.75) is 27.3 Å². The van der Waals surface area contributed by atoms with Crippen LogP contribution < -0.4 is 4.43 Å². The lowest BCUT2D eigenvalue weighted by Gasteiger charge is -2.23. The summed E-state index contributed by atoms with van der Waals surface area (Å²) in [5.74, 6) is 0.971. The zero-order chi connectivity index (χ0) is 14.6. The first kappa shape index (κ1) is 18.3. The molecule has 0 atom stereocenters. The summed E-state index contributed by atoms with van der Waals surface area (Å²) < 4.78 is 21.3. The summed E-state index contributed by atoms with van der Waals surface area (Å²) in [6.45, 7) is 9.73. The standard InChI is InChI=1S/C7H18O3Si.C6H8OSi/c1-5-8-11(4,9-6-2)10-7-3;8-7-6-4-2-1-3-5-6/h5-7H2,1-4H3;1-5H,8H3. The van der Waals surface area contributed by atoms with Crippen molar-refractivity contribution in [2.24, 2.45) is 0 Å². The highest BCUT2D eigenvalue weighted by atomic mass is 28.4. The lowest BCUT2D eigenvalue weighted by molar-refractivity contribution is 0.0783. The zero-order valence-electron chi connectivity index (χ0n) is 12.6. The SMILES string of the molecule is CCO[Si](C)(OCC)OCC.[SiH3]Oc1ccccc1. The summed E-state index contributed by atoms with van der Waals surface area (Å²) in [6, 6.07) is 9.81. The van der Waals surface area contributed by atoms with Crippen molar-refractivity contribution >= 4 is 19.3 Å². The molecule has 1 rings (SSSR count). The molecule has 4 nitrogen and oxygen atoms in total. The van der Waals surface area contributed by atoms with Crippen LogP contribution in [0, 0.1) is 0 Å². The molecule has 0 radical (unpaired) electrons. The van der Waals surface area contributed by atoms with Gasteiger partial charge in [0.15, 0.2) is 0 Å². The van der Waals surface area contributed by atoms with Crippen molar-refractivity contribution < 1.29 is 17.7 Å². The molecule has 1 aromatic rings. The average Bonchev–Trinajstić information content (AvgIpc) is 2.41. The average molecular weight is 303 g/mol. The van der Waals surface area contributed by atoms with Gasteiger partial charge in [0.2, 0.25) is 10.5 Å². The highest BCUT2D eigenvalue weighted by molar-refractivity contribution is 6.59. The maximum absolute atomic E-state index is 5.40. The largest absolute Gasteiger partial charge is 0.553 e. The highest BCUT2D eigenvalue weighted by Crippen LogP contribution is 2.08. The topological polar surface area (TPSA) is 36.9 Å². The van der Waals surface area contributed by atoms with Crippen LogP contribution in [-0.4, -0.2) is 39.1 Å². The van der Waals surface area contributed by atoms with Crippen molar-refractivity contribution in [3.8, 4) is 5.75 Å². The van der Waals surface area contributed by atoms with Crippen LogP contribution in [0.5, 0.6) is 5.75 Å². The zero-order valence-corrected chi connectivity index (χ0v) is 15.6. The van der Waals surface area contributed by atoms with Crippen LogP contribution in [0.1, 0.15) is 20.8 Å². The predicted molar refractivity (Wildman–Crippen MR) is 83.5 cm³/mol. The van der Waals surface area contributed by atoms with Gasteiger partial charge in [0.05, 0.1) is 0 Å². The summed E-state index contributed by atoms with van der Waals surface area (Å²) in [5, 5.41) is 0. The van der Waals surface area contributed by atoms with Gasteiger partial charge in [-0.1, -0.05) is 18.2 Å². The Morgan fingerprint density at radius 2 is 1.32 bits per heavy atom. The van der Waals surface area contributed by atoms with Crippen LogP contribution in [0.4, 0.5) is 0 Å². The van der Waals surface area contributed by atoms with E-state index >= 15 is 0 Å². The Kier molecular flexibility index (Phi) is 10.8. The van der Waals surface area contributed by atoms with E-state index in [2.05, 4.69) is 0 Å². The quantitative estimate of drug-likeness (QED) is 0.722. The fourth-order valence-electron chi connectivity index (χ4n) is 1.47. The van der Waals surface area contributed by atoms with Crippen LogP contribution in [0.3, 0.4) is 0 Å². The fraction of sp³-hybridized carbons (Fsp3) is 0.538. The van der Waals surface area contributed by atoms with Crippen molar-refractivity contribution in [2.75, 3.05) is 19.8 Å². The first-order chi connectivity index (χ1) is 9.11. The molecule has 0 unspecified atom stereocenters. The number of hydrogen-bond donors (Lipinski definition) is 0. The van der Waals surface area contributed by atoms with E-state index in [1.165, 1.54) is 0 Å². The van der Waals surface area contributed by atoms with Crippen LogP contribution in [0.25, 0.3) is 0 Å². The number of rotatable bonds is 7. The molecule has 0 N–H and O–H groups in total. The highest BCUT2D eigenvalue weighted by Gasteiger charge is 2.32. The van der Waals surface area contributed by atoms with Gasteiger partial charge in [0, 0.05) is 26.4 Å². The summed E-state index contributed by atoms with van der Waals surface area (Å²) >= 11 is 0. The van der Waals surface area contributed by atoms with E-state index in [0.717, 1.165) is 16.2 Å². The van der Waals surface area contributed by atoms with Gasteiger partial charge in [-0.15, -0.1) is 0 Å². The molecule has 0 aliphatic heterocycles. The molecule has 0 spiro atoms. The molecular formula is C13H26O4Si2. The first-order valence-electron chi connectivity index (χ1n) is 6.62. The van der Waals surface area contributed by atoms with Crippen LogP contribution in [0.2, 0.25) is 6.55 Å². The van der Waals surface area contributed by atoms with Gasteiger partial charge >= 0.3 is 8.80 Å². The van der Waals surface area contributed by atoms with Crippen LogP contribution >= 0.6 is 0 Å². The molecule has 110 valence electrons. The van der Waals surface area contributed by atoms with Gasteiger partial charge in [-0.3, -0.25) is 0 Å². The first-order valence-corrected chi connectivity index (χ1v) is 9.66. The van der Waals surface area contributed by atoms with E-state index in [1.807, 2.05) is 57.7 Å². The summed E-state index contributed by atoms with van der Waals surface area (Å²) in [6.07, 6.45) is 0. The molecule has 0 aromatic heterocycles. The lowest BCUT2D eigenvalue weighted by Crippen LogP contribution is -2.42. The molecular weight excluding hydrogens is 276 g/mol. The summed E-state index contributed by atoms with van der Waals surface area (Å²) in [5.41, 5.74) is 0. The normalized spacial score (nSPS) is 10.7. The van der Waals surface area contributed by atoms with E-state index in [0.29, 0.717) is 19.8 Å². The Balaban J connectivity index is 0.000000356. The Labute approximate surface area is 120 Å². The molecule has 0 fully saturated rings. The van der Waals surface area contributed by atoms with E-state index in [1.54, 1.807) is 0 Å². The Morgan fingerprint density at radius 1 is 0.895 bits per heavy atom. The third kappa shape index (κ3) is 8.95. The molecule has 0 bridgehead atoms. The van der Waals surface area contributed by atoms with Gasteiger partial charge in [-0.2, -0.15) is 0 Å². The third-order valence-electron chi connectivity index (χ3n) is 2.20. The van der Waals surface area contributed by atoms with Gasteiger partial charge in [-0.05, 0) is 32.9 Å². The fourth-order valence-corrected chi connectivity index (χ4v) is 3.56. The third-order valence-corrected chi connectivity index (χ3v) is 5.11. The van der Waals surface area contributed by atoms with Crippen molar-refractivity contribution in [1.29, 1.82) is 0 Å². The minimum atomic E-state index is -2.25. The maximum atomic E-state index is 5.40. The summed E-state index contributed by atoms with van der Waals surface area (Å²) in [7, 11) is -1.47. The van der Waals surface area contributed by atoms with Crippen molar-refractivity contribution in [1.82, 2.24) is 0 Å². The molecule has 19 heavy (non-hydrogen) atoms. The number of hydrogen-bond acceptors (Lipinski definition) is 4. The van der Waals surface area contributed by atoms with E-state index in [9.17, 15) is 0 Å². The molecule has 0 saturated heterocycles. The Bertz CT molecular complexity index is 292. The van der Waals surface area contributed by atoms with E-state index < -0.39 is 8.80 Å². The lowest BCUT2D eigenvalue weighted by atomic mass is 10.3. The van der Waals surface area contributed by atoms with Crippen molar-refractivity contribution in [3.05, 3.63) is 30.3 Å². The molecule has 0 saturated carbocycles. The monoisotopic (exact) mass is 302 g/mol. The Hall–Kier alpha value is -0.666. The second-order valence-corrected chi connectivity index (χ2v) is 6.68. The molecule has 0 aliphatic carbocycles. The van der Waals surface area contributed by atoms with Gasteiger partial charge < -0.3 is 17.7 Å². The molecule has 0 heterocycles. The smallest absolute Gasteiger partial charge is 0.497 e. The molecule has 1 aromatic carbocycles. The van der Waals surface area contributed by atoms with E-state index in [-0.39, 0.29) is 0 Å². The molecule has 0 amide bonds. The Morgan fingerprint density at radius 3 is 1.58 bits per heavy atom. The second-order valence-electron chi connectivity index (χ2n) is 3.68. The van der Waals surface area contributed by atoms with Crippen LogP contribution in [0.15, 0.2) is 30.3 Å². The number of para-hydroxylation sites is 1. The van der Waals surface area contributed by atoms with Gasteiger partial charge in [-0.25, -0.2) is 0 Å². The maximum Gasteiger partial charge on any atom is 0.497 e. The van der Waals surface area contributed by atoms with Crippen molar-refractivity contribution in [3.63, 3.8) is 0 Å². The van der Waals surface area contributed by atoms with Crippen LogP contribution in [-0.2, 0) is 13.3 Å². The second kappa shape index (κ2) is 11.2. The predicted octanol–water partition coefficient (Wildman–Crippen LogP) is 2.01. The minimum Gasteiger partial charge on any atom is -0.553 e. The summed E-state index contributed by atoms with van der Waals surface area (Å²) in [4.78, 5) is 0. The molecule has 0 aliphatic rings. The van der Waals surface area contributed by atoms with Gasteiger partial charge in [0.1, 0.15) is 5.75 Å². The number of benzene rings is 1. The molecule has 6 heteroatoms. The minimum absolute atomic E-state index is 0.655. The van der Waals surface area contributed by atoms with Gasteiger partial charge in [0.25, 0.3) is 0 Å².